The first-order valence-corrected chi connectivity index (χ1v) is 6.16. The lowest BCUT2D eigenvalue weighted by Gasteiger charge is -2.18. The molecule has 0 aliphatic rings. The maximum absolute atomic E-state index is 5.75. The molecule has 90 valence electrons. The molecule has 1 rings (SSSR count). The Morgan fingerprint density at radius 2 is 1.88 bits per heavy atom. The molecular weight excluding hydrogens is 198 g/mol. The van der Waals surface area contributed by atoms with Crippen LogP contribution in [0.4, 0.5) is 0 Å². The Morgan fingerprint density at radius 1 is 1.19 bits per heavy atom. The lowest BCUT2D eigenvalue weighted by atomic mass is 10.1. The van der Waals surface area contributed by atoms with Crippen LogP contribution in [-0.2, 0) is 4.74 Å². The SMILES string of the molecule is CCCNCC(OCC)c1ccc(C)cc1. The quantitative estimate of drug-likeness (QED) is 0.714. The predicted octanol–water partition coefficient (Wildman–Crippen LogP) is 3.07. The van der Waals surface area contributed by atoms with E-state index in [1.807, 2.05) is 6.92 Å². The minimum atomic E-state index is 0.178. The van der Waals surface area contributed by atoms with E-state index in [2.05, 4.69) is 43.4 Å². The first-order valence-electron chi connectivity index (χ1n) is 6.16. The minimum absolute atomic E-state index is 0.178. The number of benzene rings is 1. The molecule has 0 bridgehead atoms. The van der Waals surface area contributed by atoms with Crippen molar-refractivity contribution in [1.29, 1.82) is 0 Å². The van der Waals surface area contributed by atoms with Crippen molar-refractivity contribution in [3.8, 4) is 0 Å². The van der Waals surface area contributed by atoms with Crippen molar-refractivity contribution in [2.24, 2.45) is 0 Å². The topological polar surface area (TPSA) is 21.3 Å². The van der Waals surface area contributed by atoms with Crippen LogP contribution in [0.5, 0.6) is 0 Å². The minimum Gasteiger partial charge on any atom is -0.372 e. The molecule has 1 atom stereocenters. The normalized spacial score (nSPS) is 12.7. The lowest BCUT2D eigenvalue weighted by molar-refractivity contribution is 0.0625. The highest BCUT2D eigenvalue weighted by Crippen LogP contribution is 2.17. The van der Waals surface area contributed by atoms with Gasteiger partial charge >= 0.3 is 0 Å². The monoisotopic (exact) mass is 221 g/mol. The molecule has 0 aromatic heterocycles. The van der Waals surface area contributed by atoms with Crippen molar-refractivity contribution in [2.45, 2.75) is 33.3 Å². The smallest absolute Gasteiger partial charge is 0.0949 e. The van der Waals surface area contributed by atoms with E-state index >= 15 is 0 Å². The van der Waals surface area contributed by atoms with Crippen molar-refractivity contribution >= 4 is 0 Å². The number of hydrogen-bond acceptors (Lipinski definition) is 2. The van der Waals surface area contributed by atoms with Crippen molar-refractivity contribution < 1.29 is 4.74 Å². The highest BCUT2D eigenvalue weighted by Gasteiger charge is 2.10. The fourth-order valence-corrected chi connectivity index (χ4v) is 1.67. The van der Waals surface area contributed by atoms with Crippen LogP contribution >= 0.6 is 0 Å². The first kappa shape index (κ1) is 13.2. The zero-order chi connectivity index (χ0) is 11.8. The van der Waals surface area contributed by atoms with E-state index in [0.29, 0.717) is 0 Å². The molecule has 0 radical (unpaired) electrons. The van der Waals surface area contributed by atoms with Crippen molar-refractivity contribution in [1.82, 2.24) is 5.32 Å². The average molecular weight is 221 g/mol. The van der Waals surface area contributed by atoms with Gasteiger partial charge < -0.3 is 10.1 Å². The molecule has 0 aliphatic carbocycles. The lowest BCUT2D eigenvalue weighted by Crippen LogP contribution is -2.24. The first-order chi connectivity index (χ1) is 7.77. The standard InChI is InChI=1S/C14H23NO/c1-4-10-15-11-14(16-5-2)13-8-6-12(3)7-9-13/h6-9,14-15H,4-5,10-11H2,1-3H3. The van der Waals surface area contributed by atoms with Gasteiger partial charge in [0.1, 0.15) is 0 Å². The van der Waals surface area contributed by atoms with E-state index in [0.717, 1.165) is 26.1 Å². The summed E-state index contributed by atoms with van der Waals surface area (Å²) in [4.78, 5) is 0. The van der Waals surface area contributed by atoms with Crippen LogP contribution in [0, 0.1) is 6.92 Å². The van der Waals surface area contributed by atoms with Gasteiger partial charge in [0.25, 0.3) is 0 Å². The van der Waals surface area contributed by atoms with Crippen LogP contribution in [0.25, 0.3) is 0 Å². The van der Waals surface area contributed by atoms with Gasteiger partial charge in [-0.3, -0.25) is 0 Å². The summed E-state index contributed by atoms with van der Waals surface area (Å²) in [6, 6.07) is 8.59. The average Bonchev–Trinajstić information content (AvgIpc) is 2.29. The van der Waals surface area contributed by atoms with Gasteiger partial charge in [-0.05, 0) is 32.4 Å². The summed E-state index contributed by atoms with van der Waals surface area (Å²) < 4.78 is 5.75. The third-order valence-corrected chi connectivity index (χ3v) is 2.57. The summed E-state index contributed by atoms with van der Waals surface area (Å²) in [7, 11) is 0. The van der Waals surface area contributed by atoms with Crippen molar-refractivity contribution in [3.05, 3.63) is 35.4 Å². The fraction of sp³-hybridized carbons (Fsp3) is 0.571. The molecule has 1 unspecified atom stereocenters. The fourth-order valence-electron chi connectivity index (χ4n) is 1.67. The molecule has 1 aromatic carbocycles. The highest BCUT2D eigenvalue weighted by molar-refractivity contribution is 5.23. The molecule has 0 spiro atoms. The van der Waals surface area contributed by atoms with Gasteiger partial charge in [-0.15, -0.1) is 0 Å². The van der Waals surface area contributed by atoms with Gasteiger partial charge in [0, 0.05) is 13.2 Å². The summed E-state index contributed by atoms with van der Waals surface area (Å²) in [5.41, 5.74) is 2.55. The van der Waals surface area contributed by atoms with Crippen LogP contribution in [0.1, 0.15) is 37.5 Å². The van der Waals surface area contributed by atoms with Gasteiger partial charge in [0.2, 0.25) is 0 Å². The predicted molar refractivity (Wildman–Crippen MR) is 68.7 cm³/mol. The largest absolute Gasteiger partial charge is 0.372 e. The molecule has 0 saturated carbocycles. The second-order valence-corrected chi connectivity index (χ2v) is 4.06. The molecule has 16 heavy (non-hydrogen) atoms. The molecule has 0 fully saturated rings. The van der Waals surface area contributed by atoms with Crippen LogP contribution in [0.3, 0.4) is 0 Å². The molecule has 0 heterocycles. The van der Waals surface area contributed by atoms with Crippen LogP contribution in [0.15, 0.2) is 24.3 Å². The number of ether oxygens (including phenoxy) is 1. The second kappa shape index (κ2) is 7.42. The second-order valence-electron chi connectivity index (χ2n) is 4.06. The Hall–Kier alpha value is -0.860. The molecule has 1 aromatic rings. The maximum atomic E-state index is 5.75. The van der Waals surface area contributed by atoms with Gasteiger partial charge in [0.15, 0.2) is 0 Å². The van der Waals surface area contributed by atoms with Gasteiger partial charge in [-0.25, -0.2) is 0 Å². The summed E-state index contributed by atoms with van der Waals surface area (Å²) >= 11 is 0. The van der Waals surface area contributed by atoms with E-state index in [4.69, 9.17) is 4.74 Å². The highest BCUT2D eigenvalue weighted by atomic mass is 16.5. The zero-order valence-electron chi connectivity index (χ0n) is 10.6. The van der Waals surface area contributed by atoms with E-state index in [9.17, 15) is 0 Å². The Kier molecular flexibility index (Phi) is 6.12. The van der Waals surface area contributed by atoms with Crippen LogP contribution in [-0.4, -0.2) is 19.7 Å². The van der Waals surface area contributed by atoms with Crippen LogP contribution < -0.4 is 5.32 Å². The molecule has 0 amide bonds. The molecule has 1 N–H and O–H groups in total. The van der Waals surface area contributed by atoms with Gasteiger partial charge in [0.05, 0.1) is 6.10 Å². The third kappa shape index (κ3) is 4.33. The number of rotatable bonds is 7. The van der Waals surface area contributed by atoms with E-state index < -0.39 is 0 Å². The maximum Gasteiger partial charge on any atom is 0.0949 e. The Bertz CT molecular complexity index is 281. The number of nitrogens with one attached hydrogen (secondary N) is 1. The van der Waals surface area contributed by atoms with Gasteiger partial charge in [-0.1, -0.05) is 36.8 Å². The summed E-state index contributed by atoms with van der Waals surface area (Å²) in [6.45, 7) is 9.02. The molecule has 0 saturated heterocycles. The Morgan fingerprint density at radius 3 is 2.44 bits per heavy atom. The van der Waals surface area contributed by atoms with Crippen LogP contribution in [0.2, 0.25) is 0 Å². The van der Waals surface area contributed by atoms with E-state index in [-0.39, 0.29) is 6.10 Å². The van der Waals surface area contributed by atoms with Crippen molar-refractivity contribution in [3.63, 3.8) is 0 Å². The number of aryl methyl sites for hydroxylation is 1. The molecule has 0 aliphatic heterocycles. The van der Waals surface area contributed by atoms with E-state index in [1.165, 1.54) is 11.1 Å². The molecule has 2 heteroatoms. The molecule has 2 nitrogen and oxygen atoms in total. The van der Waals surface area contributed by atoms with Crippen molar-refractivity contribution in [2.75, 3.05) is 19.7 Å². The van der Waals surface area contributed by atoms with Gasteiger partial charge in [-0.2, -0.15) is 0 Å². The summed E-state index contributed by atoms with van der Waals surface area (Å²) in [6.07, 6.45) is 1.34. The number of hydrogen-bond donors (Lipinski definition) is 1. The Balaban J connectivity index is 2.57. The Labute approximate surface area is 99.0 Å². The molecular formula is C14H23NO. The van der Waals surface area contributed by atoms with E-state index in [1.54, 1.807) is 0 Å². The third-order valence-electron chi connectivity index (χ3n) is 2.57. The zero-order valence-corrected chi connectivity index (χ0v) is 10.6. The summed E-state index contributed by atoms with van der Waals surface area (Å²) in [5.74, 6) is 0. The summed E-state index contributed by atoms with van der Waals surface area (Å²) in [5, 5.41) is 3.41.